The van der Waals surface area contributed by atoms with Gasteiger partial charge in [0, 0.05) is 23.2 Å². The van der Waals surface area contributed by atoms with Crippen molar-refractivity contribution in [2.75, 3.05) is 18.4 Å². The van der Waals surface area contributed by atoms with E-state index in [1.54, 1.807) is 12.1 Å². The van der Waals surface area contributed by atoms with E-state index in [0.717, 1.165) is 0 Å². The maximum Gasteiger partial charge on any atom is 0.305 e. The van der Waals surface area contributed by atoms with Crippen LogP contribution in [0, 0.1) is 0 Å². The van der Waals surface area contributed by atoms with E-state index >= 15 is 0 Å². The molecule has 0 saturated carbocycles. The van der Waals surface area contributed by atoms with Gasteiger partial charge in [0.05, 0.1) is 19.0 Å². The van der Waals surface area contributed by atoms with Crippen molar-refractivity contribution in [3.8, 4) is 5.75 Å². The van der Waals surface area contributed by atoms with Gasteiger partial charge < -0.3 is 15.2 Å². The molecule has 0 fully saturated rings. The fourth-order valence-electron chi connectivity index (χ4n) is 2.85. The van der Waals surface area contributed by atoms with E-state index in [1.807, 2.05) is 0 Å². The summed E-state index contributed by atoms with van der Waals surface area (Å²) in [5.41, 5.74) is 0.875. The summed E-state index contributed by atoms with van der Waals surface area (Å²) < 4.78 is 33.9. The van der Waals surface area contributed by atoms with Gasteiger partial charge in [-0.3, -0.25) is 14.3 Å². The molecule has 0 atom stereocenters. The summed E-state index contributed by atoms with van der Waals surface area (Å²) in [6, 6.07) is 11.8. The number of halogens is 1. The van der Waals surface area contributed by atoms with Crippen molar-refractivity contribution in [3.63, 3.8) is 0 Å². The van der Waals surface area contributed by atoms with Crippen molar-refractivity contribution in [2.24, 2.45) is 0 Å². The standard InChI is InChI=1S/C20H18ClN3O6S/c1-30-16-8-7-15-14(6-9-17(21)23-15)19(16)31(28,29)24-13-4-2-12(3-5-13)20(27)22-11-10-18(25)26/h2-9,24H,10-11H2,1H3,(H,22,27)(H,25,26). The third kappa shape index (κ3) is 5.22. The molecule has 0 aliphatic carbocycles. The highest BCUT2D eigenvalue weighted by atomic mass is 35.5. The number of nitrogens with one attached hydrogen (secondary N) is 2. The zero-order chi connectivity index (χ0) is 22.6. The third-order valence-electron chi connectivity index (χ3n) is 4.26. The zero-order valence-corrected chi connectivity index (χ0v) is 17.8. The van der Waals surface area contributed by atoms with Crippen LogP contribution in [0.25, 0.3) is 10.9 Å². The highest BCUT2D eigenvalue weighted by Crippen LogP contribution is 2.33. The lowest BCUT2D eigenvalue weighted by Gasteiger charge is -2.14. The molecule has 3 rings (SSSR count). The van der Waals surface area contributed by atoms with Crippen LogP contribution in [-0.2, 0) is 14.8 Å². The number of carboxylic acid groups (broad SMARTS) is 1. The predicted octanol–water partition coefficient (Wildman–Crippen LogP) is 2.90. The first-order valence-corrected chi connectivity index (χ1v) is 10.8. The van der Waals surface area contributed by atoms with Gasteiger partial charge in [-0.1, -0.05) is 11.6 Å². The summed E-state index contributed by atoms with van der Waals surface area (Å²) in [5, 5.41) is 11.7. The van der Waals surface area contributed by atoms with E-state index in [2.05, 4.69) is 15.0 Å². The van der Waals surface area contributed by atoms with E-state index in [4.69, 9.17) is 21.4 Å². The maximum absolute atomic E-state index is 13.1. The largest absolute Gasteiger partial charge is 0.495 e. The number of fused-ring (bicyclic) bond motifs is 1. The minimum atomic E-state index is -4.08. The average molecular weight is 464 g/mol. The minimum absolute atomic E-state index is 0.0124. The highest BCUT2D eigenvalue weighted by molar-refractivity contribution is 7.93. The first-order valence-electron chi connectivity index (χ1n) is 8.97. The van der Waals surface area contributed by atoms with Crippen LogP contribution in [-0.4, -0.2) is 44.0 Å². The van der Waals surface area contributed by atoms with Crippen LogP contribution < -0.4 is 14.8 Å². The Morgan fingerprint density at radius 1 is 1.10 bits per heavy atom. The number of rotatable bonds is 8. The SMILES string of the molecule is COc1ccc2nc(Cl)ccc2c1S(=O)(=O)Nc1ccc(C(=O)NCCC(=O)O)cc1. The number of anilines is 1. The molecule has 1 heterocycles. The summed E-state index contributed by atoms with van der Waals surface area (Å²) >= 11 is 5.91. The van der Waals surface area contributed by atoms with Crippen molar-refractivity contribution in [1.29, 1.82) is 0 Å². The fraction of sp³-hybridized carbons (Fsp3) is 0.150. The quantitative estimate of drug-likeness (QED) is 0.437. The van der Waals surface area contributed by atoms with Gasteiger partial charge in [-0.05, 0) is 48.5 Å². The molecule has 0 bridgehead atoms. The van der Waals surface area contributed by atoms with Crippen LogP contribution in [0.3, 0.4) is 0 Å². The lowest BCUT2D eigenvalue weighted by Crippen LogP contribution is -2.25. The van der Waals surface area contributed by atoms with E-state index in [0.29, 0.717) is 10.9 Å². The number of nitrogens with zero attached hydrogens (tertiary/aromatic N) is 1. The number of benzene rings is 2. The molecular weight excluding hydrogens is 446 g/mol. The second-order valence-electron chi connectivity index (χ2n) is 6.38. The Morgan fingerprint density at radius 2 is 1.81 bits per heavy atom. The topological polar surface area (TPSA) is 135 Å². The van der Waals surface area contributed by atoms with Crippen molar-refractivity contribution in [3.05, 3.63) is 59.2 Å². The Balaban J connectivity index is 1.86. The lowest BCUT2D eigenvalue weighted by molar-refractivity contribution is -0.136. The summed E-state index contributed by atoms with van der Waals surface area (Å²) in [6.07, 6.45) is -0.198. The monoisotopic (exact) mass is 463 g/mol. The van der Waals surface area contributed by atoms with Gasteiger partial charge >= 0.3 is 5.97 Å². The van der Waals surface area contributed by atoms with Gasteiger partial charge in [0.2, 0.25) is 0 Å². The molecule has 0 unspecified atom stereocenters. The van der Waals surface area contributed by atoms with Crippen LogP contribution in [0.15, 0.2) is 53.4 Å². The Morgan fingerprint density at radius 3 is 2.45 bits per heavy atom. The van der Waals surface area contributed by atoms with E-state index in [1.165, 1.54) is 43.5 Å². The molecular formula is C20H18ClN3O6S. The molecule has 0 radical (unpaired) electrons. The molecule has 162 valence electrons. The van der Waals surface area contributed by atoms with Crippen LogP contribution in [0.4, 0.5) is 5.69 Å². The molecule has 11 heteroatoms. The number of aromatic nitrogens is 1. The number of aliphatic carboxylic acids is 1. The summed E-state index contributed by atoms with van der Waals surface area (Å²) in [7, 11) is -2.71. The van der Waals surface area contributed by atoms with Crippen molar-refractivity contribution in [1.82, 2.24) is 10.3 Å². The normalized spacial score (nSPS) is 11.2. The maximum atomic E-state index is 13.1. The molecule has 1 amide bonds. The van der Waals surface area contributed by atoms with Gasteiger partial charge in [0.15, 0.2) is 0 Å². The van der Waals surface area contributed by atoms with Crippen molar-refractivity contribution in [2.45, 2.75) is 11.3 Å². The van der Waals surface area contributed by atoms with Crippen LogP contribution in [0.2, 0.25) is 5.15 Å². The number of hydrogen-bond donors (Lipinski definition) is 3. The molecule has 1 aromatic heterocycles. The van der Waals surface area contributed by atoms with E-state index < -0.39 is 21.9 Å². The van der Waals surface area contributed by atoms with E-state index in [-0.39, 0.29) is 40.0 Å². The number of carbonyl (C=O) groups excluding carboxylic acids is 1. The first kappa shape index (κ1) is 22.3. The Hall–Kier alpha value is -3.37. The number of amides is 1. The van der Waals surface area contributed by atoms with Crippen LogP contribution in [0.1, 0.15) is 16.8 Å². The van der Waals surface area contributed by atoms with E-state index in [9.17, 15) is 18.0 Å². The molecule has 2 aromatic carbocycles. The molecule has 0 saturated heterocycles. The molecule has 9 nitrogen and oxygen atoms in total. The number of ether oxygens (including phenoxy) is 1. The zero-order valence-electron chi connectivity index (χ0n) is 16.3. The molecule has 0 aliphatic rings. The van der Waals surface area contributed by atoms with Crippen molar-refractivity contribution < 1.29 is 27.9 Å². The summed E-state index contributed by atoms with van der Waals surface area (Å²) in [5.74, 6) is -1.35. The van der Waals surface area contributed by atoms with Crippen molar-refractivity contribution >= 4 is 50.1 Å². The minimum Gasteiger partial charge on any atom is -0.495 e. The number of pyridine rings is 1. The first-order chi connectivity index (χ1) is 14.7. The molecule has 31 heavy (non-hydrogen) atoms. The summed E-state index contributed by atoms with van der Waals surface area (Å²) in [6.45, 7) is -0.0124. The number of sulfonamides is 1. The van der Waals surface area contributed by atoms with Gasteiger partial charge in [0.25, 0.3) is 15.9 Å². The van der Waals surface area contributed by atoms with Crippen LogP contribution >= 0.6 is 11.6 Å². The Labute approximate surface area is 183 Å². The van der Waals surface area contributed by atoms with Gasteiger partial charge in [-0.25, -0.2) is 13.4 Å². The molecule has 0 spiro atoms. The number of carboxylic acids is 1. The van der Waals surface area contributed by atoms with Crippen LogP contribution in [0.5, 0.6) is 5.75 Å². The molecule has 3 aromatic rings. The Bertz CT molecular complexity index is 1250. The number of carbonyl (C=O) groups is 2. The number of hydrogen-bond acceptors (Lipinski definition) is 6. The second-order valence-corrected chi connectivity index (χ2v) is 8.39. The predicted molar refractivity (Wildman–Crippen MR) is 115 cm³/mol. The lowest BCUT2D eigenvalue weighted by atomic mass is 10.2. The Kier molecular flexibility index (Phi) is 6.62. The smallest absolute Gasteiger partial charge is 0.305 e. The summed E-state index contributed by atoms with van der Waals surface area (Å²) in [4.78, 5) is 26.6. The van der Waals surface area contributed by atoms with Gasteiger partial charge in [-0.2, -0.15) is 0 Å². The molecule has 0 aliphatic heterocycles. The van der Waals surface area contributed by atoms with Gasteiger partial charge in [-0.15, -0.1) is 0 Å². The second kappa shape index (κ2) is 9.19. The number of methoxy groups -OCH3 is 1. The average Bonchev–Trinajstić information content (AvgIpc) is 2.72. The third-order valence-corrected chi connectivity index (χ3v) is 5.94. The molecule has 3 N–H and O–H groups in total. The highest BCUT2D eigenvalue weighted by Gasteiger charge is 2.24. The fourth-order valence-corrected chi connectivity index (χ4v) is 4.43. The van der Waals surface area contributed by atoms with Gasteiger partial charge in [0.1, 0.15) is 15.8 Å².